The number of hydrogen-bond donors (Lipinski definition) is 1. The number of nitrogens with one attached hydrogen (secondary N) is 1. The predicted octanol–water partition coefficient (Wildman–Crippen LogP) is 4.96. The fourth-order valence-corrected chi connectivity index (χ4v) is 3.07. The Bertz CT molecular complexity index is 1200. The van der Waals surface area contributed by atoms with E-state index in [4.69, 9.17) is 25.9 Å². The maximum Gasteiger partial charge on any atom is 0.269 e. The summed E-state index contributed by atoms with van der Waals surface area (Å²) < 4.78 is 23.8. The van der Waals surface area contributed by atoms with Crippen LogP contribution < -0.4 is 14.8 Å². The molecule has 3 aromatic rings. The summed E-state index contributed by atoms with van der Waals surface area (Å²) in [4.78, 5) is 27.7. The Morgan fingerprint density at radius 1 is 1.21 bits per heavy atom. The molecule has 34 heavy (non-hydrogen) atoms. The monoisotopic (exact) mass is 487 g/mol. The molecule has 0 aliphatic carbocycles. The molecular weight excluding hydrogens is 469 g/mol. The molecule has 1 N–H and O–H groups in total. The van der Waals surface area contributed by atoms with Crippen LogP contribution in [0.25, 0.3) is 0 Å². The zero-order valence-corrected chi connectivity index (χ0v) is 18.6. The molecule has 1 amide bonds. The van der Waals surface area contributed by atoms with E-state index in [0.29, 0.717) is 16.8 Å². The smallest absolute Gasteiger partial charge is 0.269 e. The molecule has 0 atom stereocenters. The van der Waals surface area contributed by atoms with Gasteiger partial charge in [-0.1, -0.05) is 28.9 Å². The molecule has 176 valence electrons. The number of halogens is 2. The van der Waals surface area contributed by atoms with Crippen LogP contribution in [0.15, 0.2) is 65.8 Å². The first-order valence-electron chi connectivity index (χ1n) is 9.80. The highest BCUT2D eigenvalue weighted by Gasteiger charge is 2.14. The van der Waals surface area contributed by atoms with Crippen molar-refractivity contribution in [2.24, 2.45) is 5.16 Å². The van der Waals surface area contributed by atoms with Crippen LogP contribution in [0, 0.1) is 15.9 Å². The minimum atomic E-state index is -0.489. The third-order valence-corrected chi connectivity index (χ3v) is 4.64. The van der Waals surface area contributed by atoms with E-state index >= 15 is 0 Å². The van der Waals surface area contributed by atoms with Crippen LogP contribution in [0.3, 0.4) is 0 Å². The molecule has 3 rings (SSSR count). The molecule has 0 spiro atoms. The fraction of sp³-hybridized carbons (Fsp3) is 0.130. The van der Waals surface area contributed by atoms with Gasteiger partial charge in [-0.15, -0.1) is 0 Å². The average Bonchev–Trinajstić information content (AvgIpc) is 2.82. The molecule has 11 heteroatoms. The highest BCUT2D eigenvalue weighted by Crippen LogP contribution is 2.36. The summed E-state index contributed by atoms with van der Waals surface area (Å²) in [7, 11) is 1.41. The number of benzene rings is 3. The van der Waals surface area contributed by atoms with E-state index in [9.17, 15) is 19.3 Å². The summed E-state index contributed by atoms with van der Waals surface area (Å²) in [6.45, 7) is -0.319. The quantitative estimate of drug-likeness (QED) is 0.245. The van der Waals surface area contributed by atoms with Crippen LogP contribution in [0.4, 0.5) is 15.8 Å². The molecule has 0 unspecified atom stereocenters. The van der Waals surface area contributed by atoms with Gasteiger partial charge in [0.25, 0.3) is 11.6 Å². The fourth-order valence-electron chi connectivity index (χ4n) is 2.79. The lowest BCUT2D eigenvalue weighted by molar-refractivity contribution is -0.384. The molecule has 0 saturated heterocycles. The number of amides is 1. The number of nitro groups is 1. The van der Waals surface area contributed by atoms with E-state index in [1.165, 1.54) is 55.8 Å². The standard InChI is InChI=1S/C23H19ClFN3O6/c1-32-21-11-16(12-26-34-13-15-3-2-4-19(9-15)28(30)31)10-20(24)23(21)33-14-22(29)27-18-7-5-17(25)6-8-18/h2-12H,13-14H2,1H3,(H,27,29)/b26-12-. The Morgan fingerprint density at radius 3 is 2.68 bits per heavy atom. The number of nitro benzene ring substituents is 1. The van der Waals surface area contributed by atoms with Crippen molar-refractivity contribution in [3.8, 4) is 11.5 Å². The number of carbonyl (C=O) groups is 1. The zero-order valence-electron chi connectivity index (χ0n) is 17.9. The van der Waals surface area contributed by atoms with Gasteiger partial charge in [0.05, 0.1) is 23.3 Å². The van der Waals surface area contributed by atoms with Crippen LogP contribution in [0.5, 0.6) is 11.5 Å². The van der Waals surface area contributed by atoms with Crippen molar-refractivity contribution in [1.82, 2.24) is 0 Å². The SMILES string of the molecule is COc1cc(/C=N\OCc2cccc([N+](=O)[O-])c2)cc(Cl)c1OCC(=O)Nc1ccc(F)cc1. The van der Waals surface area contributed by atoms with E-state index in [0.717, 1.165) is 0 Å². The van der Waals surface area contributed by atoms with Gasteiger partial charge in [0.2, 0.25) is 0 Å². The molecular formula is C23H19ClFN3O6. The Balaban J connectivity index is 1.59. The normalized spacial score (nSPS) is 10.7. The second-order valence-corrected chi connectivity index (χ2v) is 7.22. The van der Waals surface area contributed by atoms with E-state index in [1.807, 2.05) is 0 Å². The number of carbonyl (C=O) groups excluding carboxylic acids is 1. The van der Waals surface area contributed by atoms with Gasteiger partial charge in [0.15, 0.2) is 18.1 Å². The topological polar surface area (TPSA) is 112 Å². The van der Waals surface area contributed by atoms with Crippen molar-refractivity contribution in [2.45, 2.75) is 6.61 Å². The van der Waals surface area contributed by atoms with E-state index in [-0.39, 0.29) is 35.4 Å². The Hall–Kier alpha value is -4.18. The van der Waals surface area contributed by atoms with Gasteiger partial charge >= 0.3 is 0 Å². The number of non-ortho nitro benzene ring substituents is 1. The first kappa shape index (κ1) is 24.5. The number of methoxy groups -OCH3 is 1. The third-order valence-electron chi connectivity index (χ3n) is 4.36. The second-order valence-electron chi connectivity index (χ2n) is 6.81. The summed E-state index contributed by atoms with van der Waals surface area (Å²) >= 11 is 6.29. The van der Waals surface area contributed by atoms with Crippen molar-refractivity contribution in [1.29, 1.82) is 0 Å². The van der Waals surface area contributed by atoms with Crippen LogP contribution in [-0.4, -0.2) is 30.8 Å². The molecule has 0 heterocycles. The highest BCUT2D eigenvalue weighted by atomic mass is 35.5. The maximum absolute atomic E-state index is 13.0. The zero-order chi connectivity index (χ0) is 24.5. The van der Waals surface area contributed by atoms with Gasteiger partial charge in [-0.05, 0) is 42.0 Å². The van der Waals surface area contributed by atoms with Gasteiger partial charge < -0.3 is 19.6 Å². The van der Waals surface area contributed by atoms with Crippen molar-refractivity contribution in [2.75, 3.05) is 19.0 Å². The van der Waals surface area contributed by atoms with Crippen molar-refractivity contribution in [3.63, 3.8) is 0 Å². The summed E-state index contributed by atoms with van der Waals surface area (Å²) in [5.41, 5.74) is 1.50. The van der Waals surface area contributed by atoms with E-state index in [2.05, 4.69) is 10.5 Å². The summed E-state index contributed by atoms with van der Waals surface area (Å²) in [6.07, 6.45) is 1.39. The minimum absolute atomic E-state index is 0.0351. The van der Waals surface area contributed by atoms with Crippen molar-refractivity contribution in [3.05, 3.63) is 92.7 Å². The Morgan fingerprint density at radius 2 is 1.97 bits per heavy atom. The molecule has 0 aromatic heterocycles. The molecule has 0 saturated carbocycles. The summed E-state index contributed by atoms with van der Waals surface area (Å²) in [5, 5.41) is 17.4. The molecule has 0 aliphatic rings. The van der Waals surface area contributed by atoms with Gasteiger partial charge in [-0.25, -0.2) is 4.39 Å². The third kappa shape index (κ3) is 6.91. The number of nitrogens with zero attached hydrogens (tertiary/aromatic N) is 2. The van der Waals surface area contributed by atoms with Crippen LogP contribution in [0.2, 0.25) is 5.02 Å². The minimum Gasteiger partial charge on any atom is -0.493 e. The molecule has 0 fully saturated rings. The maximum atomic E-state index is 13.0. The first-order chi connectivity index (χ1) is 16.4. The summed E-state index contributed by atoms with van der Waals surface area (Å²) in [6, 6.07) is 14.5. The van der Waals surface area contributed by atoms with Gasteiger partial charge in [-0.2, -0.15) is 0 Å². The summed E-state index contributed by atoms with van der Waals surface area (Å²) in [5.74, 6) is -0.455. The van der Waals surface area contributed by atoms with E-state index < -0.39 is 16.6 Å². The van der Waals surface area contributed by atoms with Crippen LogP contribution in [0.1, 0.15) is 11.1 Å². The molecule has 0 radical (unpaired) electrons. The van der Waals surface area contributed by atoms with Crippen molar-refractivity contribution >= 4 is 35.1 Å². The second kappa shape index (κ2) is 11.6. The average molecular weight is 488 g/mol. The van der Waals surface area contributed by atoms with Crippen molar-refractivity contribution < 1.29 is 28.4 Å². The van der Waals surface area contributed by atoms with Crippen LogP contribution in [-0.2, 0) is 16.2 Å². The number of ether oxygens (including phenoxy) is 2. The van der Waals surface area contributed by atoms with Gasteiger partial charge in [0, 0.05) is 23.4 Å². The number of anilines is 1. The Labute approximate surface area is 198 Å². The molecule has 9 nitrogen and oxygen atoms in total. The van der Waals surface area contributed by atoms with Gasteiger partial charge in [-0.3, -0.25) is 14.9 Å². The highest BCUT2D eigenvalue weighted by molar-refractivity contribution is 6.32. The molecule has 0 aliphatic heterocycles. The number of hydrogen-bond acceptors (Lipinski definition) is 7. The number of rotatable bonds is 10. The predicted molar refractivity (Wildman–Crippen MR) is 124 cm³/mol. The lowest BCUT2D eigenvalue weighted by atomic mass is 10.2. The molecule has 0 bridgehead atoms. The van der Waals surface area contributed by atoms with Gasteiger partial charge in [0.1, 0.15) is 12.4 Å². The lowest BCUT2D eigenvalue weighted by Crippen LogP contribution is -2.20. The Kier molecular flexibility index (Phi) is 8.36. The first-order valence-corrected chi connectivity index (χ1v) is 10.2. The van der Waals surface area contributed by atoms with E-state index in [1.54, 1.807) is 18.2 Å². The largest absolute Gasteiger partial charge is 0.493 e. The lowest BCUT2D eigenvalue weighted by Gasteiger charge is -2.13. The van der Waals surface area contributed by atoms with Crippen LogP contribution >= 0.6 is 11.6 Å². The molecule has 3 aromatic carbocycles. The number of oxime groups is 1.